The second-order valence-electron chi connectivity index (χ2n) is 15.0. The molecule has 1 aliphatic rings. The molecule has 1 saturated carbocycles. The Balaban J connectivity index is 2.39. The summed E-state index contributed by atoms with van der Waals surface area (Å²) in [6.07, 6.45) is 29.3. The van der Waals surface area contributed by atoms with Gasteiger partial charge in [0.2, 0.25) is 0 Å². The molecule has 0 amide bonds. The highest BCUT2D eigenvalue weighted by molar-refractivity contribution is 7.47. The van der Waals surface area contributed by atoms with Crippen molar-refractivity contribution in [2.45, 2.75) is 180 Å². The minimum absolute atomic E-state index is 0.0153. The highest BCUT2D eigenvalue weighted by atomic mass is 31.2. The zero-order valence-electron chi connectivity index (χ0n) is 34.6. The molecule has 0 bridgehead atoms. The summed E-state index contributed by atoms with van der Waals surface area (Å²) < 4.78 is 32.7. The average Bonchev–Trinajstić information content (AvgIpc) is 3.44. The van der Waals surface area contributed by atoms with Crippen LogP contribution in [0.4, 0.5) is 0 Å². The number of Topliss-reactive ketones (excluding diaryl/α,β-unsaturated/α-hetero) is 1. The van der Waals surface area contributed by atoms with Crippen LogP contribution in [0.3, 0.4) is 0 Å². The average molecular weight is 814 g/mol. The van der Waals surface area contributed by atoms with E-state index in [4.69, 9.17) is 24.3 Å². The summed E-state index contributed by atoms with van der Waals surface area (Å²) in [5.74, 6) is -1.53. The quantitative estimate of drug-likeness (QED) is 0.0204. The maximum atomic E-state index is 12.6. The van der Waals surface area contributed by atoms with E-state index >= 15 is 0 Å². The number of hydrogen-bond donors (Lipinski definition) is 4. The zero-order valence-corrected chi connectivity index (χ0v) is 35.5. The molecule has 0 aliphatic heterocycles. The highest BCUT2D eigenvalue weighted by Gasteiger charge is 2.39. The molecule has 6 atom stereocenters. The lowest BCUT2D eigenvalue weighted by molar-refractivity contribution is -0.161. The lowest BCUT2D eigenvalue weighted by Gasteiger charge is -2.20. The summed E-state index contributed by atoms with van der Waals surface area (Å²) in [6, 6.07) is 0. The van der Waals surface area contributed by atoms with Crippen LogP contribution in [0.25, 0.3) is 0 Å². The molecule has 1 aliphatic carbocycles. The number of aliphatic hydroxyl groups excluding tert-OH is 2. The molecule has 0 aromatic heterocycles. The number of rotatable bonds is 36. The molecular formula is C43H76NO11P. The number of nitrogens with two attached hydrogens (primary N) is 1. The van der Waals surface area contributed by atoms with E-state index in [0.29, 0.717) is 25.7 Å². The molecule has 13 heteroatoms. The minimum atomic E-state index is -4.44. The van der Waals surface area contributed by atoms with Crippen LogP contribution >= 0.6 is 7.82 Å². The van der Waals surface area contributed by atoms with E-state index < -0.39 is 44.7 Å². The number of ketones is 1. The van der Waals surface area contributed by atoms with Gasteiger partial charge in [0.25, 0.3) is 0 Å². The Labute approximate surface area is 337 Å². The zero-order chi connectivity index (χ0) is 41.3. The van der Waals surface area contributed by atoms with Gasteiger partial charge < -0.3 is 30.3 Å². The topological polar surface area (TPSA) is 192 Å². The SMILES string of the molecule is CCCCC/C=C\C/C=C\CCCCCCCC(=O)O[C@H](COC(=O)CCCCCC[C@H]1C(=O)C[C@@H](O)[C@@H]1/C=C/[C@@H](O)CCCCC)COP(=O)(O)OCCN. The van der Waals surface area contributed by atoms with Crippen molar-refractivity contribution in [2.24, 2.45) is 17.6 Å². The molecule has 5 N–H and O–H groups in total. The predicted molar refractivity (Wildman–Crippen MR) is 221 cm³/mol. The standard InChI is InChI=1S/C43H76NO11P/c1-3-5-7-8-9-10-11-12-13-14-15-16-17-18-24-28-43(49)55-37(35-54-56(50,51)53-32-31-44)34-52-42(48)27-23-20-19-22-26-38-39(41(47)33-40(38)46)30-29-36(45)25-21-6-4-2/h9-10,12-13,29-30,36-39,41,45,47H,3-8,11,14-28,31-35,44H2,1-2H3,(H,50,51)/b10-9-,13-12-,30-29+/t36-,37+,38+,39+,41+/m0/s1. The Hall–Kier alpha value is -2.18. The van der Waals surface area contributed by atoms with Crippen molar-refractivity contribution < 1.29 is 52.6 Å². The first-order chi connectivity index (χ1) is 27.0. The van der Waals surface area contributed by atoms with Crippen molar-refractivity contribution in [3.63, 3.8) is 0 Å². The number of allylic oxidation sites excluding steroid dienone is 4. The third-order valence-electron chi connectivity index (χ3n) is 9.89. The molecule has 1 unspecified atom stereocenters. The first-order valence-electron chi connectivity index (χ1n) is 21.6. The van der Waals surface area contributed by atoms with Crippen LogP contribution in [-0.2, 0) is 37.5 Å². The summed E-state index contributed by atoms with van der Waals surface area (Å²) in [6.45, 7) is 3.31. The van der Waals surface area contributed by atoms with Gasteiger partial charge in [-0.3, -0.25) is 23.4 Å². The van der Waals surface area contributed by atoms with E-state index in [-0.39, 0.29) is 56.6 Å². The van der Waals surface area contributed by atoms with Crippen LogP contribution in [0.5, 0.6) is 0 Å². The molecule has 0 saturated heterocycles. The van der Waals surface area contributed by atoms with Crippen molar-refractivity contribution >= 4 is 25.5 Å². The van der Waals surface area contributed by atoms with Crippen LogP contribution in [0.2, 0.25) is 0 Å². The summed E-state index contributed by atoms with van der Waals surface area (Å²) >= 11 is 0. The number of phosphoric ester groups is 1. The number of aliphatic hydroxyl groups is 2. The van der Waals surface area contributed by atoms with E-state index in [2.05, 4.69) is 38.2 Å². The first kappa shape index (κ1) is 51.8. The van der Waals surface area contributed by atoms with Crippen LogP contribution in [0.15, 0.2) is 36.5 Å². The Bertz CT molecular complexity index is 1180. The maximum Gasteiger partial charge on any atom is 0.472 e. The van der Waals surface area contributed by atoms with E-state index in [1.807, 2.05) is 6.08 Å². The van der Waals surface area contributed by atoms with Gasteiger partial charge in [0.1, 0.15) is 12.4 Å². The van der Waals surface area contributed by atoms with Crippen molar-refractivity contribution in [3.05, 3.63) is 36.5 Å². The number of hydrogen-bond acceptors (Lipinski definition) is 11. The van der Waals surface area contributed by atoms with Gasteiger partial charge in [-0.15, -0.1) is 0 Å². The fraction of sp³-hybridized carbons (Fsp3) is 0.791. The van der Waals surface area contributed by atoms with Gasteiger partial charge in [-0.2, -0.15) is 0 Å². The fourth-order valence-corrected chi connectivity index (χ4v) is 7.38. The van der Waals surface area contributed by atoms with E-state index in [1.54, 1.807) is 6.08 Å². The van der Waals surface area contributed by atoms with Gasteiger partial charge in [0, 0.05) is 37.6 Å². The molecule has 0 heterocycles. The van der Waals surface area contributed by atoms with Crippen LogP contribution in [-0.4, -0.2) is 77.5 Å². The number of carbonyl (C=O) groups is 3. The summed E-state index contributed by atoms with van der Waals surface area (Å²) in [5.41, 5.74) is 5.34. The Kier molecular flexibility index (Phi) is 31.2. The molecule has 0 spiro atoms. The summed E-state index contributed by atoms with van der Waals surface area (Å²) in [4.78, 5) is 47.6. The first-order valence-corrected chi connectivity index (χ1v) is 23.1. The van der Waals surface area contributed by atoms with E-state index in [0.717, 1.165) is 83.5 Å². The monoisotopic (exact) mass is 814 g/mol. The largest absolute Gasteiger partial charge is 0.472 e. The van der Waals surface area contributed by atoms with Crippen LogP contribution in [0.1, 0.15) is 162 Å². The number of esters is 2. The van der Waals surface area contributed by atoms with Crippen LogP contribution < -0.4 is 5.73 Å². The van der Waals surface area contributed by atoms with E-state index in [9.17, 15) is 34.1 Å². The molecular weight excluding hydrogens is 737 g/mol. The molecule has 0 radical (unpaired) electrons. The van der Waals surface area contributed by atoms with Gasteiger partial charge in [0.15, 0.2) is 6.10 Å². The normalized spacial score (nSPS) is 19.6. The molecule has 0 aromatic rings. The Morgan fingerprint density at radius 3 is 2.11 bits per heavy atom. The summed E-state index contributed by atoms with van der Waals surface area (Å²) in [7, 11) is -4.44. The second kappa shape index (κ2) is 33.8. The third kappa shape index (κ3) is 27.5. The predicted octanol–water partition coefficient (Wildman–Crippen LogP) is 8.75. The number of unbranched alkanes of at least 4 members (excludes halogenated alkanes) is 13. The Morgan fingerprint density at radius 1 is 0.821 bits per heavy atom. The molecule has 1 fully saturated rings. The third-order valence-corrected chi connectivity index (χ3v) is 10.9. The number of phosphoric acid groups is 1. The van der Waals surface area contributed by atoms with Gasteiger partial charge in [0.05, 0.1) is 25.4 Å². The van der Waals surface area contributed by atoms with Crippen molar-refractivity contribution in [2.75, 3.05) is 26.4 Å². The van der Waals surface area contributed by atoms with Crippen molar-refractivity contribution in [1.29, 1.82) is 0 Å². The maximum absolute atomic E-state index is 12.6. The fourth-order valence-electron chi connectivity index (χ4n) is 6.62. The minimum Gasteiger partial charge on any atom is -0.462 e. The van der Waals surface area contributed by atoms with Gasteiger partial charge in [-0.05, 0) is 57.8 Å². The molecule has 1 rings (SSSR count). The molecule has 56 heavy (non-hydrogen) atoms. The van der Waals surface area contributed by atoms with E-state index in [1.165, 1.54) is 19.3 Å². The van der Waals surface area contributed by atoms with Gasteiger partial charge in [-0.1, -0.05) is 121 Å². The second-order valence-corrected chi connectivity index (χ2v) is 16.4. The van der Waals surface area contributed by atoms with Crippen molar-refractivity contribution in [3.8, 4) is 0 Å². The Morgan fingerprint density at radius 2 is 1.43 bits per heavy atom. The molecule has 0 aromatic carbocycles. The smallest absolute Gasteiger partial charge is 0.462 e. The lowest BCUT2D eigenvalue weighted by atomic mass is 9.88. The molecule has 12 nitrogen and oxygen atoms in total. The summed E-state index contributed by atoms with van der Waals surface area (Å²) in [5, 5.41) is 20.7. The van der Waals surface area contributed by atoms with Crippen LogP contribution in [0, 0.1) is 11.8 Å². The number of carbonyl (C=O) groups excluding carboxylic acids is 3. The van der Waals surface area contributed by atoms with Gasteiger partial charge in [-0.25, -0.2) is 4.57 Å². The highest BCUT2D eigenvalue weighted by Crippen LogP contribution is 2.43. The van der Waals surface area contributed by atoms with Gasteiger partial charge >= 0.3 is 19.8 Å². The molecule has 324 valence electrons. The van der Waals surface area contributed by atoms with Crippen molar-refractivity contribution in [1.82, 2.24) is 0 Å². The lowest BCUT2D eigenvalue weighted by Crippen LogP contribution is -2.29. The number of ether oxygens (including phenoxy) is 2.